The van der Waals surface area contributed by atoms with Gasteiger partial charge in [0.05, 0.1) is 18.9 Å². The molecule has 1 spiro atoms. The maximum Gasteiger partial charge on any atom is 0.254 e. The third-order valence-corrected chi connectivity index (χ3v) is 5.92. The molecule has 1 amide bonds. The zero-order chi connectivity index (χ0) is 19.6. The minimum Gasteiger partial charge on any atom is -0.375 e. The first kappa shape index (κ1) is 19.0. The van der Waals surface area contributed by atoms with Gasteiger partial charge in [-0.05, 0) is 31.7 Å². The number of carbonyl (C=O) groups excluding carboxylic acids is 1. The smallest absolute Gasteiger partial charge is 0.254 e. The van der Waals surface area contributed by atoms with Crippen molar-refractivity contribution < 1.29 is 13.9 Å². The van der Waals surface area contributed by atoms with Crippen LogP contribution >= 0.6 is 0 Å². The minimum atomic E-state index is -0.624. The van der Waals surface area contributed by atoms with Crippen molar-refractivity contribution in [2.45, 2.75) is 13.0 Å². The summed E-state index contributed by atoms with van der Waals surface area (Å²) in [4.78, 5) is 24.8. The van der Waals surface area contributed by atoms with Gasteiger partial charge in [-0.3, -0.25) is 9.78 Å². The summed E-state index contributed by atoms with van der Waals surface area (Å²) in [6.07, 6.45) is 4.05. The van der Waals surface area contributed by atoms with Crippen LogP contribution in [0.1, 0.15) is 22.5 Å². The Morgan fingerprint density at radius 1 is 1.29 bits per heavy atom. The van der Waals surface area contributed by atoms with Gasteiger partial charge in [0, 0.05) is 61.5 Å². The highest BCUT2D eigenvalue weighted by Crippen LogP contribution is 2.44. The van der Waals surface area contributed by atoms with Gasteiger partial charge in [0.1, 0.15) is 0 Å². The monoisotopic (exact) mass is 384 g/mol. The number of nitrogens with zero attached hydrogens (tertiary/aromatic N) is 4. The minimum absolute atomic E-state index is 0.0279. The molecule has 148 valence electrons. The molecule has 0 N–H and O–H groups in total. The number of ether oxygens (including phenoxy) is 1. The molecule has 0 radical (unpaired) electrons. The molecule has 2 aliphatic rings. The van der Waals surface area contributed by atoms with Gasteiger partial charge < -0.3 is 14.5 Å². The molecular formula is C21H25FN4O2. The van der Waals surface area contributed by atoms with Crippen LogP contribution in [-0.4, -0.2) is 65.5 Å². The van der Waals surface area contributed by atoms with E-state index in [4.69, 9.17) is 4.74 Å². The van der Waals surface area contributed by atoms with E-state index in [2.05, 4.69) is 21.9 Å². The number of aromatic nitrogens is 2. The largest absolute Gasteiger partial charge is 0.375 e. The summed E-state index contributed by atoms with van der Waals surface area (Å²) < 4.78 is 19.4. The number of pyridine rings is 2. The van der Waals surface area contributed by atoms with Gasteiger partial charge in [-0.25, -0.2) is 4.98 Å². The lowest BCUT2D eigenvalue weighted by Gasteiger charge is -2.30. The van der Waals surface area contributed by atoms with Crippen LogP contribution in [0.4, 0.5) is 4.39 Å². The highest BCUT2D eigenvalue weighted by atomic mass is 19.1. The number of likely N-dealkylation sites (tertiary alicyclic amines) is 2. The fraction of sp³-hybridized carbons (Fsp3) is 0.476. The number of halogens is 1. The summed E-state index contributed by atoms with van der Waals surface area (Å²) in [6, 6.07) is 8.59. The molecule has 2 fully saturated rings. The van der Waals surface area contributed by atoms with Gasteiger partial charge in [0.15, 0.2) is 0 Å². The van der Waals surface area contributed by atoms with E-state index in [1.54, 1.807) is 12.3 Å². The molecule has 2 aliphatic heterocycles. The molecule has 0 aliphatic carbocycles. The van der Waals surface area contributed by atoms with Crippen LogP contribution in [0.2, 0.25) is 0 Å². The Balaban J connectivity index is 1.40. The van der Waals surface area contributed by atoms with Crippen molar-refractivity contribution in [3.05, 3.63) is 59.9 Å². The van der Waals surface area contributed by atoms with E-state index >= 15 is 0 Å². The summed E-state index contributed by atoms with van der Waals surface area (Å²) in [5.74, 6) is -0.393. The number of rotatable bonds is 5. The van der Waals surface area contributed by atoms with Crippen molar-refractivity contribution in [1.29, 1.82) is 0 Å². The Hall–Kier alpha value is -2.38. The molecule has 2 atom stereocenters. The predicted octanol–water partition coefficient (Wildman–Crippen LogP) is 2.23. The van der Waals surface area contributed by atoms with E-state index in [0.29, 0.717) is 37.8 Å². The van der Waals surface area contributed by atoms with Crippen molar-refractivity contribution >= 4 is 5.91 Å². The Morgan fingerprint density at radius 2 is 2.18 bits per heavy atom. The maximum absolute atomic E-state index is 13.4. The first-order chi connectivity index (χ1) is 13.6. The van der Waals surface area contributed by atoms with Crippen LogP contribution in [-0.2, 0) is 11.3 Å². The molecule has 4 rings (SSSR count). The Kier molecular flexibility index (Phi) is 5.37. The van der Waals surface area contributed by atoms with Gasteiger partial charge in [0.2, 0.25) is 5.95 Å². The lowest BCUT2D eigenvalue weighted by Crippen LogP contribution is -2.38. The van der Waals surface area contributed by atoms with E-state index < -0.39 is 5.95 Å². The number of carbonyl (C=O) groups is 1. The Labute approximate surface area is 164 Å². The summed E-state index contributed by atoms with van der Waals surface area (Å²) in [6.45, 7) is 4.40. The molecule has 2 saturated heterocycles. The van der Waals surface area contributed by atoms with Crippen LogP contribution in [0, 0.1) is 17.3 Å². The molecule has 4 heterocycles. The first-order valence-corrected chi connectivity index (χ1v) is 9.63. The highest BCUT2D eigenvalue weighted by Gasteiger charge is 2.50. The van der Waals surface area contributed by atoms with E-state index in [0.717, 1.165) is 25.2 Å². The molecule has 7 heteroatoms. The van der Waals surface area contributed by atoms with E-state index in [-0.39, 0.29) is 11.3 Å². The zero-order valence-corrected chi connectivity index (χ0v) is 16.1. The second kappa shape index (κ2) is 7.93. The second-order valence-corrected chi connectivity index (χ2v) is 7.94. The average molecular weight is 384 g/mol. The Morgan fingerprint density at radius 3 is 2.96 bits per heavy atom. The molecule has 28 heavy (non-hydrogen) atoms. The van der Waals surface area contributed by atoms with E-state index in [9.17, 15) is 9.18 Å². The van der Waals surface area contributed by atoms with Gasteiger partial charge in [0.25, 0.3) is 5.91 Å². The summed E-state index contributed by atoms with van der Waals surface area (Å²) in [5.41, 5.74) is 1.31. The molecule has 0 bridgehead atoms. The van der Waals surface area contributed by atoms with Crippen molar-refractivity contribution in [2.24, 2.45) is 11.3 Å². The molecular weight excluding hydrogens is 359 g/mol. The van der Waals surface area contributed by atoms with E-state index in [1.165, 1.54) is 12.3 Å². The van der Waals surface area contributed by atoms with Gasteiger partial charge in [-0.2, -0.15) is 4.39 Å². The fourth-order valence-corrected chi connectivity index (χ4v) is 4.57. The fourth-order valence-electron chi connectivity index (χ4n) is 4.57. The maximum atomic E-state index is 13.4. The standard InChI is InChI=1S/C21H25FN4O2/c1-25-11-17(12-28-13-18-4-2-3-7-23-18)21(14-25)6-9-26(15-21)20(27)16-5-8-24-19(22)10-16/h2-5,7-8,10,17H,6,9,11-15H2,1H3/t17-,21+/m0/s1. The number of amides is 1. The van der Waals surface area contributed by atoms with Crippen molar-refractivity contribution in [1.82, 2.24) is 19.8 Å². The third-order valence-electron chi connectivity index (χ3n) is 5.92. The van der Waals surface area contributed by atoms with Crippen LogP contribution in [0.5, 0.6) is 0 Å². The number of hydrogen-bond donors (Lipinski definition) is 0. The van der Waals surface area contributed by atoms with Crippen LogP contribution < -0.4 is 0 Å². The van der Waals surface area contributed by atoms with Crippen LogP contribution in [0.15, 0.2) is 42.7 Å². The normalized spacial score (nSPS) is 24.9. The highest BCUT2D eigenvalue weighted by molar-refractivity contribution is 5.94. The lowest BCUT2D eigenvalue weighted by atomic mass is 9.77. The van der Waals surface area contributed by atoms with Crippen molar-refractivity contribution in [2.75, 3.05) is 39.8 Å². The molecule has 0 saturated carbocycles. The summed E-state index contributed by atoms with van der Waals surface area (Å²) in [7, 11) is 2.11. The molecule has 0 unspecified atom stereocenters. The van der Waals surface area contributed by atoms with Crippen LogP contribution in [0.3, 0.4) is 0 Å². The third kappa shape index (κ3) is 3.91. The van der Waals surface area contributed by atoms with Crippen molar-refractivity contribution in [3.8, 4) is 0 Å². The first-order valence-electron chi connectivity index (χ1n) is 9.63. The zero-order valence-electron chi connectivity index (χ0n) is 16.1. The molecule has 2 aromatic rings. The van der Waals surface area contributed by atoms with Gasteiger partial charge in [-0.15, -0.1) is 0 Å². The Bertz CT molecular complexity index is 834. The SMILES string of the molecule is CN1C[C@@H](COCc2ccccn2)[C@]2(CCN(C(=O)c3ccnc(F)c3)C2)C1. The lowest BCUT2D eigenvalue weighted by molar-refractivity contribution is 0.0483. The van der Waals surface area contributed by atoms with Crippen LogP contribution in [0.25, 0.3) is 0 Å². The predicted molar refractivity (Wildman–Crippen MR) is 102 cm³/mol. The average Bonchev–Trinajstić information content (AvgIpc) is 3.25. The van der Waals surface area contributed by atoms with Crippen molar-refractivity contribution in [3.63, 3.8) is 0 Å². The number of hydrogen-bond acceptors (Lipinski definition) is 5. The quantitative estimate of drug-likeness (QED) is 0.740. The topological polar surface area (TPSA) is 58.6 Å². The summed E-state index contributed by atoms with van der Waals surface area (Å²) in [5, 5.41) is 0. The van der Waals surface area contributed by atoms with Gasteiger partial charge in [-0.1, -0.05) is 6.07 Å². The summed E-state index contributed by atoms with van der Waals surface area (Å²) >= 11 is 0. The molecule has 6 nitrogen and oxygen atoms in total. The van der Waals surface area contributed by atoms with Gasteiger partial charge >= 0.3 is 0 Å². The molecule has 0 aromatic carbocycles. The molecule has 2 aromatic heterocycles. The van der Waals surface area contributed by atoms with E-state index in [1.807, 2.05) is 23.1 Å². The second-order valence-electron chi connectivity index (χ2n) is 7.94.